The molecule has 1 heterocycles. The molecule has 0 aliphatic heterocycles. The van der Waals surface area contributed by atoms with Gasteiger partial charge in [-0.2, -0.15) is 13.2 Å². The summed E-state index contributed by atoms with van der Waals surface area (Å²) in [6.45, 7) is -1.39. The van der Waals surface area contributed by atoms with Crippen LogP contribution in [0.3, 0.4) is 0 Å². The number of hydrogen-bond acceptors (Lipinski definition) is 3. The van der Waals surface area contributed by atoms with Gasteiger partial charge in [-0.05, 0) is 6.07 Å². The lowest BCUT2D eigenvalue weighted by molar-refractivity contribution is -0.123. The van der Waals surface area contributed by atoms with Gasteiger partial charge in [-0.3, -0.25) is 9.78 Å². The van der Waals surface area contributed by atoms with E-state index in [0.29, 0.717) is 0 Å². The molecule has 82 valence electrons. The summed E-state index contributed by atoms with van der Waals surface area (Å²) in [5, 5.41) is 1.70. The number of anilines is 1. The summed E-state index contributed by atoms with van der Waals surface area (Å²) < 4.78 is 35.3. The van der Waals surface area contributed by atoms with E-state index >= 15 is 0 Å². The molecule has 0 radical (unpaired) electrons. The van der Waals surface area contributed by atoms with Crippen molar-refractivity contribution >= 4 is 11.6 Å². The van der Waals surface area contributed by atoms with Crippen molar-refractivity contribution in [3.05, 3.63) is 24.0 Å². The summed E-state index contributed by atoms with van der Waals surface area (Å²) in [5.41, 5.74) is 5.40. The molecule has 1 amide bonds. The molecule has 0 aliphatic carbocycles. The lowest BCUT2D eigenvalue weighted by Crippen LogP contribution is -2.34. The minimum atomic E-state index is -4.44. The summed E-state index contributed by atoms with van der Waals surface area (Å²) in [5.74, 6) is -0.891. The van der Waals surface area contributed by atoms with Crippen LogP contribution in [0, 0.1) is 0 Å². The zero-order valence-corrected chi connectivity index (χ0v) is 7.51. The number of nitrogens with two attached hydrogens (primary N) is 1. The van der Waals surface area contributed by atoms with Gasteiger partial charge in [0.15, 0.2) is 0 Å². The lowest BCUT2D eigenvalue weighted by atomic mass is 10.2. The molecule has 1 aromatic heterocycles. The van der Waals surface area contributed by atoms with Crippen molar-refractivity contribution in [3.8, 4) is 0 Å². The van der Waals surface area contributed by atoms with Crippen LogP contribution in [0.5, 0.6) is 0 Å². The monoisotopic (exact) mass is 219 g/mol. The third-order valence-electron chi connectivity index (χ3n) is 1.55. The van der Waals surface area contributed by atoms with Gasteiger partial charge in [0.1, 0.15) is 6.54 Å². The summed E-state index contributed by atoms with van der Waals surface area (Å²) in [7, 11) is 0. The van der Waals surface area contributed by atoms with Crippen LogP contribution in [-0.2, 0) is 0 Å². The highest BCUT2D eigenvalue weighted by atomic mass is 19.4. The number of nitrogens with one attached hydrogen (secondary N) is 1. The van der Waals surface area contributed by atoms with Crippen LogP contribution in [-0.4, -0.2) is 23.6 Å². The summed E-state index contributed by atoms with van der Waals surface area (Å²) >= 11 is 0. The van der Waals surface area contributed by atoms with Gasteiger partial charge < -0.3 is 11.1 Å². The normalized spacial score (nSPS) is 11.1. The van der Waals surface area contributed by atoms with E-state index in [9.17, 15) is 18.0 Å². The second-order valence-electron chi connectivity index (χ2n) is 2.76. The fourth-order valence-corrected chi connectivity index (χ4v) is 0.871. The standard InChI is InChI=1S/C8H8F3N3O/c9-8(10,11)4-14-7(15)5-3-13-2-1-6(5)12/h1-3H,4H2,(H2,12,13)(H,14,15). The van der Waals surface area contributed by atoms with Gasteiger partial charge in [0.25, 0.3) is 5.91 Å². The third kappa shape index (κ3) is 3.45. The van der Waals surface area contributed by atoms with Crippen molar-refractivity contribution in [2.24, 2.45) is 0 Å². The molecule has 15 heavy (non-hydrogen) atoms. The summed E-state index contributed by atoms with van der Waals surface area (Å²) in [4.78, 5) is 14.8. The average Bonchev–Trinajstić information content (AvgIpc) is 2.14. The first-order valence-corrected chi connectivity index (χ1v) is 3.94. The fourth-order valence-electron chi connectivity index (χ4n) is 0.871. The average molecular weight is 219 g/mol. The number of amides is 1. The van der Waals surface area contributed by atoms with Gasteiger partial charge in [0.2, 0.25) is 0 Å². The van der Waals surface area contributed by atoms with Crippen LogP contribution in [0.4, 0.5) is 18.9 Å². The number of carbonyl (C=O) groups is 1. The summed E-state index contributed by atoms with van der Waals surface area (Å²) in [6, 6.07) is 1.34. The molecule has 3 N–H and O–H groups in total. The first kappa shape index (κ1) is 11.3. The Hall–Kier alpha value is -1.79. The first-order chi connectivity index (χ1) is 6.90. The Morgan fingerprint density at radius 1 is 1.53 bits per heavy atom. The van der Waals surface area contributed by atoms with E-state index in [0.717, 1.165) is 6.20 Å². The van der Waals surface area contributed by atoms with Crippen LogP contribution in [0.1, 0.15) is 10.4 Å². The van der Waals surface area contributed by atoms with Crippen LogP contribution in [0.25, 0.3) is 0 Å². The number of carbonyl (C=O) groups excluding carboxylic acids is 1. The van der Waals surface area contributed by atoms with E-state index < -0.39 is 18.6 Å². The van der Waals surface area contributed by atoms with E-state index in [1.54, 1.807) is 5.32 Å². The summed E-state index contributed by atoms with van der Waals surface area (Å²) in [6.07, 6.45) is -1.98. The van der Waals surface area contributed by atoms with Gasteiger partial charge in [-0.1, -0.05) is 0 Å². The number of halogens is 3. The Labute approximate surface area is 83.3 Å². The fraction of sp³-hybridized carbons (Fsp3) is 0.250. The molecule has 0 fully saturated rings. The van der Waals surface area contributed by atoms with E-state index in [-0.39, 0.29) is 11.3 Å². The first-order valence-electron chi connectivity index (χ1n) is 3.94. The number of rotatable bonds is 2. The molecule has 0 atom stereocenters. The minimum absolute atomic E-state index is 0.0678. The van der Waals surface area contributed by atoms with Crippen LogP contribution < -0.4 is 11.1 Å². The topological polar surface area (TPSA) is 68.0 Å². The molecule has 1 rings (SSSR count). The van der Waals surface area contributed by atoms with Crippen molar-refractivity contribution in [3.63, 3.8) is 0 Å². The Bertz CT molecular complexity index is 364. The molecular formula is C8H8F3N3O. The number of nitrogen functional groups attached to an aromatic ring is 1. The Balaban J connectivity index is 2.66. The second kappa shape index (κ2) is 4.16. The molecule has 0 bridgehead atoms. The smallest absolute Gasteiger partial charge is 0.398 e. The molecule has 0 aromatic carbocycles. The third-order valence-corrected chi connectivity index (χ3v) is 1.55. The molecule has 1 aromatic rings. The lowest BCUT2D eigenvalue weighted by Gasteiger charge is -2.08. The van der Waals surface area contributed by atoms with Crippen LogP contribution in [0.15, 0.2) is 18.5 Å². The number of pyridine rings is 1. The molecule has 0 saturated carbocycles. The zero-order chi connectivity index (χ0) is 11.5. The van der Waals surface area contributed by atoms with Crippen molar-refractivity contribution in [1.29, 1.82) is 0 Å². The van der Waals surface area contributed by atoms with Crippen molar-refractivity contribution in [2.75, 3.05) is 12.3 Å². The Kier molecular flexibility index (Phi) is 3.13. The van der Waals surface area contributed by atoms with Crippen molar-refractivity contribution in [1.82, 2.24) is 10.3 Å². The van der Waals surface area contributed by atoms with E-state index in [2.05, 4.69) is 4.98 Å². The number of alkyl halides is 3. The second-order valence-corrected chi connectivity index (χ2v) is 2.76. The minimum Gasteiger partial charge on any atom is -0.398 e. The Morgan fingerprint density at radius 3 is 2.73 bits per heavy atom. The molecule has 0 unspecified atom stereocenters. The zero-order valence-electron chi connectivity index (χ0n) is 7.51. The predicted molar refractivity (Wildman–Crippen MR) is 47.0 cm³/mol. The van der Waals surface area contributed by atoms with Gasteiger partial charge in [0.05, 0.1) is 5.56 Å². The van der Waals surface area contributed by atoms with Gasteiger partial charge in [-0.15, -0.1) is 0 Å². The van der Waals surface area contributed by atoms with E-state index in [1.165, 1.54) is 12.3 Å². The van der Waals surface area contributed by atoms with Gasteiger partial charge in [0, 0.05) is 18.1 Å². The Morgan fingerprint density at radius 2 is 2.20 bits per heavy atom. The maximum Gasteiger partial charge on any atom is 0.405 e. The highest BCUT2D eigenvalue weighted by molar-refractivity contribution is 5.98. The van der Waals surface area contributed by atoms with Crippen LogP contribution in [0.2, 0.25) is 0 Å². The van der Waals surface area contributed by atoms with Crippen molar-refractivity contribution < 1.29 is 18.0 Å². The number of nitrogens with zero attached hydrogens (tertiary/aromatic N) is 1. The molecule has 7 heteroatoms. The predicted octanol–water partition coefficient (Wildman–Crippen LogP) is 0.956. The van der Waals surface area contributed by atoms with E-state index in [1.807, 2.05) is 0 Å². The molecule has 4 nitrogen and oxygen atoms in total. The largest absolute Gasteiger partial charge is 0.405 e. The highest BCUT2D eigenvalue weighted by Crippen LogP contribution is 2.13. The maximum atomic E-state index is 11.8. The SMILES string of the molecule is Nc1ccncc1C(=O)NCC(F)(F)F. The van der Waals surface area contributed by atoms with E-state index in [4.69, 9.17) is 5.73 Å². The maximum absolute atomic E-state index is 11.8. The molecule has 0 aliphatic rings. The number of aromatic nitrogens is 1. The van der Waals surface area contributed by atoms with Gasteiger partial charge in [-0.25, -0.2) is 0 Å². The number of hydrogen-bond donors (Lipinski definition) is 2. The quantitative estimate of drug-likeness (QED) is 0.778. The van der Waals surface area contributed by atoms with Gasteiger partial charge >= 0.3 is 6.18 Å². The molecular weight excluding hydrogens is 211 g/mol. The van der Waals surface area contributed by atoms with Crippen LogP contribution >= 0.6 is 0 Å². The van der Waals surface area contributed by atoms with Crippen molar-refractivity contribution in [2.45, 2.75) is 6.18 Å². The molecule has 0 saturated heterocycles. The molecule has 0 spiro atoms. The highest BCUT2D eigenvalue weighted by Gasteiger charge is 2.28.